The van der Waals surface area contributed by atoms with Gasteiger partial charge in [0.25, 0.3) is 6.29 Å². The summed E-state index contributed by atoms with van der Waals surface area (Å²) < 4.78 is 4.90. The van der Waals surface area contributed by atoms with Crippen molar-refractivity contribution in [3.63, 3.8) is 0 Å². The Kier molecular flexibility index (Phi) is 6.72. The molecule has 0 aromatic rings. The SMILES string of the molecule is CCCCCC(=O)OC(O)C(=O)[C@@]1(O)C(O)C=C2[C@@H]3CCC4=CC(=O)C=C[C@]4(C)[C@H]3C(O)C[C@@]21C. The first-order valence-corrected chi connectivity index (χ1v) is 12.6. The third-order valence-corrected chi connectivity index (χ3v) is 8.96. The molecule has 0 bridgehead atoms. The van der Waals surface area contributed by atoms with Gasteiger partial charge in [-0.2, -0.15) is 0 Å². The summed E-state index contributed by atoms with van der Waals surface area (Å²) in [5.74, 6) is -2.60. The summed E-state index contributed by atoms with van der Waals surface area (Å²) in [4.78, 5) is 37.3. The summed E-state index contributed by atoms with van der Waals surface area (Å²) in [5, 5.41) is 44.3. The molecule has 35 heavy (non-hydrogen) atoms. The number of esters is 1. The molecule has 8 atom stereocenters. The first-order valence-electron chi connectivity index (χ1n) is 12.6. The van der Waals surface area contributed by atoms with Gasteiger partial charge in [0.1, 0.15) is 6.10 Å². The second-order valence-electron chi connectivity index (χ2n) is 11.0. The van der Waals surface area contributed by atoms with Crippen LogP contribution in [0.15, 0.2) is 35.5 Å². The molecule has 0 spiro atoms. The van der Waals surface area contributed by atoms with Crippen molar-refractivity contribution in [3.8, 4) is 0 Å². The van der Waals surface area contributed by atoms with Crippen molar-refractivity contribution in [2.24, 2.45) is 22.7 Å². The Morgan fingerprint density at radius 3 is 2.63 bits per heavy atom. The molecule has 192 valence electrons. The lowest BCUT2D eigenvalue weighted by Crippen LogP contribution is -2.64. The quantitative estimate of drug-likeness (QED) is 0.184. The average Bonchev–Trinajstić information content (AvgIpc) is 3.00. The Balaban J connectivity index is 1.61. The Bertz CT molecular complexity index is 1010. The minimum absolute atomic E-state index is 0.0346. The predicted molar refractivity (Wildman–Crippen MR) is 126 cm³/mol. The van der Waals surface area contributed by atoms with E-state index >= 15 is 0 Å². The maximum absolute atomic E-state index is 13.3. The molecule has 4 N–H and O–H groups in total. The molecular formula is C27H36O8. The van der Waals surface area contributed by atoms with E-state index in [9.17, 15) is 34.8 Å². The highest BCUT2D eigenvalue weighted by Gasteiger charge is 2.69. The Morgan fingerprint density at radius 2 is 1.94 bits per heavy atom. The van der Waals surface area contributed by atoms with Gasteiger partial charge in [-0.3, -0.25) is 14.4 Å². The number of ketones is 2. The van der Waals surface area contributed by atoms with E-state index in [0.29, 0.717) is 24.8 Å². The van der Waals surface area contributed by atoms with Crippen LogP contribution >= 0.6 is 0 Å². The van der Waals surface area contributed by atoms with E-state index in [1.54, 1.807) is 13.0 Å². The Hall–Kier alpha value is -2.13. The van der Waals surface area contributed by atoms with Gasteiger partial charge < -0.3 is 25.2 Å². The van der Waals surface area contributed by atoms with Crippen LogP contribution in [-0.2, 0) is 19.1 Å². The minimum Gasteiger partial charge on any atom is -0.428 e. The molecule has 4 rings (SSSR count). The number of rotatable bonds is 7. The standard InChI is InChI=1S/C27H36O8/c1-4-5-6-7-21(31)35-24(33)23(32)27(34)20(30)13-18-17-9-8-15-12-16(28)10-11-25(15,2)22(17)19(29)14-26(18,27)3/h10-13,17,19-20,22,24,29-30,33-34H,4-9,14H2,1-3H3/t17-,19?,20?,22+,24?,25-,26-,27-/m0/s1. The van der Waals surface area contributed by atoms with E-state index in [1.165, 1.54) is 12.2 Å². The number of ether oxygens (including phenoxy) is 1. The molecule has 0 aromatic carbocycles. The number of carbonyl (C=O) groups is 3. The molecule has 2 saturated carbocycles. The normalized spacial score (nSPS) is 40.7. The van der Waals surface area contributed by atoms with Crippen LogP contribution in [0.1, 0.15) is 65.7 Å². The van der Waals surface area contributed by atoms with E-state index < -0.39 is 46.7 Å². The molecule has 3 unspecified atom stereocenters. The van der Waals surface area contributed by atoms with Crippen LogP contribution in [0.25, 0.3) is 0 Å². The topological polar surface area (TPSA) is 141 Å². The summed E-state index contributed by atoms with van der Waals surface area (Å²) in [6.07, 6.45) is 5.04. The van der Waals surface area contributed by atoms with Gasteiger partial charge in [0.05, 0.1) is 6.10 Å². The molecule has 0 heterocycles. The van der Waals surface area contributed by atoms with Crippen LogP contribution < -0.4 is 0 Å². The van der Waals surface area contributed by atoms with Crippen LogP contribution in [-0.4, -0.2) is 62.1 Å². The van der Waals surface area contributed by atoms with Gasteiger partial charge in [0.15, 0.2) is 11.4 Å². The maximum Gasteiger partial charge on any atom is 0.308 e. The van der Waals surface area contributed by atoms with Gasteiger partial charge in [-0.25, -0.2) is 0 Å². The largest absolute Gasteiger partial charge is 0.428 e. The Morgan fingerprint density at radius 1 is 1.23 bits per heavy atom. The molecule has 8 nitrogen and oxygen atoms in total. The van der Waals surface area contributed by atoms with Crippen molar-refractivity contribution in [1.29, 1.82) is 0 Å². The number of fused-ring (bicyclic) bond motifs is 5. The third kappa shape index (κ3) is 3.86. The van der Waals surface area contributed by atoms with Crippen molar-refractivity contribution in [1.82, 2.24) is 0 Å². The average molecular weight is 489 g/mol. The smallest absolute Gasteiger partial charge is 0.308 e. The molecule has 2 fully saturated rings. The number of unbranched alkanes of at least 4 members (excludes halogenated alkanes) is 2. The zero-order chi connectivity index (χ0) is 25.8. The molecule has 0 saturated heterocycles. The van der Waals surface area contributed by atoms with E-state index in [4.69, 9.17) is 4.74 Å². The van der Waals surface area contributed by atoms with E-state index in [-0.39, 0.29) is 30.5 Å². The monoisotopic (exact) mass is 488 g/mol. The number of Topliss-reactive ketones (excluding diaryl/α,β-unsaturated/α-hetero) is 1. The van der Waals surface area contributed by atoms with Gasteiger partial charge in [-0.05, 0) is 43.8 Å². The van der Waals surface area contributed by atoms with Crippen LogP contribution in [0.3, 0.4) is 0 Å². The third-order valence-electron chi connectivity index (χ3n) is 8.96. The summed E-state index contributed by atoms with van der Waals surface area (Å²) in [5.41, 5.74) is -2.80. The number of hydrogen-bond donors (Lipinski definition) is 4. The first-order chi connectivity index (χ1) is 16.4. The number of carbonyl (C=O) groups excluding carboxylic acids is 3. The second-order valence-corrected chi connectivity index (χ2v) is 11.0. The van der Waals surface area contributed by atoms with E-state index in [0.717, 1.165) is 18.4 Å². The Labute approximate surface area is 205 Å². The number of aliphatic hydroxyl groups excluding tert-OH is 3. The number of allylic oxidation sites excluding steroid dienone is 4. The van der Waals surface area contributed by atoms with Crippen molar-refractivity contribution >= 4 is 17.5 Å². The fourth-order valence-corrected chi connectivity index (χ4v) is 7.06. The molecule has 8 heteroatoms. The highest BCUT2D eigenvalue weighted by atomic mass is 16.6. The van der Waals surface area contributed by atoms with Gasteiger partial charge >= 0.3 is 5.97 Å². The van der Waals surface area contributed by atoms with Crippen molar-refractivity contribution in [2.45, 2.75) is 89.8 Å². The van der Waals surface area contributed by atoms with Crippen molar-refractivity contribution < 1.29 is 39.5 Å². The zero-order valence-corrected chi connectivity index (χ0v) is 20.6. The van der Waals surface area contributed by atoms with Crippen LogP contribution in [0.2, 0.25) is 0 Å². The first kappa shape index (κ1) is 25.9. The van der Waals surface area contributed by atoms with Gasteiger partial charge in [-0.15, -0.1) is 0 Å². The number of hydrogen-bond acceptors (Lipinski definition) is 8. The lowest BCUT2D eigenvalue weighted by molar-refractivity contribution is -0.203. The van der Waals surface area contributed by atoms with Gasteiger partial charge in [0, 0.05) is 23.2 Å². The zero-order valence-electron chi connectivity index (χ0n) is 20.6. The fraction of sp³-hybridized carbons (Fsp3) is 0.667. The van der Waals surface area contributed by atoms with Crippen LogP contribution in [0.5, 0.6) is 0 Å². The fourth-order valence-electron chi connectivity index (χ4n) is 7.06. The number of aliphatic hydroxyl groups is 4. The van der Waals surface area contributed by atoms with Crippen LogP contribution in [0, 0.1) is 22.7 Å². The predicted octanol–water partition coefficient (Wildman–Crippen LogP) is 1.90. The minimum atomic E-state index is -2.47. The van der Waals surface area contributed by atoms with Gasteiger partial charge in [0.2, 0.25) is 5.78 Å². The van der Waals surface area contributed by atoms with Crippen molar-refractivity contribution in [2.75, 3.05) is 0 Å². The van der Waals surface area contributed by atoms with Gasteiger partial charge in [-0.1, -0.05) is 56.9 Å². The molecule has 0 radical (unpaired) electrons. The van der Waals surface area contributed by atoms with Crippen molar-refractivity contribution in [3.05, 3.63) is 35.5 Å². The van der Waals surface area contributed by atoms with E-state index in [1.807, 2.05) is 19.9 Å². The molecule has 0 aliphatic heterocycles. The molecular weight excluding hydrogens is 452 g/mol. The highest BCUT2D eigenvalue weighted by molar-refractivity contribution is 6.01. The van der Waals surface area contributed by atoms with E-state index in [2.05, 4.69) is 0 Å². The molecule has 4 aliphatic carbocycles. The second kappa shape index (κ2) is 9.07. The summed E-state index contributed by atoms with van der Waals surface area (Å²) in [6, 6.07) is 0. The lowest BCUT2D eigenvalue weighted by atomic mass is 9.47. The summed E-state index contributed by atoms with van der Waals surface area (Å²) >= 11 is 0. The molecule has 0 aromatic heterocycles. The summed E-state index contributed by atoms with van der Waals surface area (Å²) in [6.45, 7) is 5.56. The highest BCUT2D eigenvalue weighted by Crippen LogP contribution is 2.65. The molecule has 0 amide bonds. The maximum atomic E-state index is 13.3. The lowest BCUT2D eigenvalue weighted by Gasteiger charge is -2.58. The molecule has 4 aliphatic rings. The summed E-state index contributed by atoms with van der Waals surface area (Å²) in [7, 11) is 0. The van der Waals surface area contributed by atoms with Crippen LogP contribution in [0.4, 0.5) is 0 Å².